The van der Waals surface area contributed by atoms with Gasteiger partial charge >= 0.3 is 12.1 Å². The quantitative estimate of drug-likeness (QED) is 0.371. The minimum atomic E-state index is -4.36. The molecule has 0 aliphatic carbocycles. The van der Waals surface area contributed by atoms with Crippen molar-refractivity contribution in [3.05, 3.63) is 42.1 Å². The number of hydrogen-bond acceptors (Lipinski definition) is 8. The Balaban J connectivity index is 1.83. The van der Waals surface area contributed by atoms with E-state index in [1.807, 2.05) is 6.07 Å². The number of alkyl halides is 3. The Hall–Kier alpha value is -3.83. The molecule has 9 nitrogen and oxygen atoms in total. The van der Waals surface area contributed by atoms with E-state index in [0.717, 1.165) is 5.56 Å². The van der Waals surface area contributed by atoms with Crippen molar-refractivity contribution in [1.82, 2.24) is 15.0 Å². The Morgan fingerprint density at radius 3 is 2.65 bits per heavy atom. The van der Waals surface area contributed by atoms with E-state index in [9.17, 15) is 23.1 Å². The van der Waals surface area contributed by atoms with E-state index >= 15 is 0 Å². The number of fused-ring (bicyclic) bond motifs is 1. The molecule has 2 aromatic heterocycles. The molecule has 0 spiro atoms. The molecule has 1 atom stereocenters. The first-order valence-corrected chi connectivity index (χ1v) is 10.3. The van der Waals surface area contributed by atoms with Crippen molar-refractivity contribution in [2.45, 2.75) is 38.0 Å². The second kappa shape index (κ2) is 10.9. The first-order chi connectivity index (χ1) is 16.2. The zero-order valence-electron chi connectivity index (χ0n) is 18.5. The van der Waals surface area contributed by atoms with E-state index in [0.29, 0.717) is 22.5 Å². The molecule has 0 radical (unpaired) electrons. The Labute approximate surface area is 193 Å². The van der Waals surface area contributed by atoms with Crippen molar-refractivity contribution in [3.8, 4) is 11.5 Å². The van der Waals surface area contributed by atoms with E-state index < -0.39 is 24.6 Å². The molecule has 0 fully saturated rings. The molecule has 1 aromatic carbocycles. The van der Waals surface area contributed by atoms with E-state index in [4.69, 9.17) is 9.47 Å². The number of methoxy groups -OCH3 is 2. The summed E-state index contributed by atoms with van der Waals surface area (Å²) in [4.78, 5) is 24.6. The van der Waals surface area contributed by atoms with Gasteiger partial charge in [-0.1, -0.05) is 0 Å². The van der Waals surface area contributed by atoms with Crippen LogP contribution in [0.3, 0.4) is 0 Å². The number of aromatic nitrogens is 3. The zero-order valence-corrected chi connectivity index (χ0v) is 18.5. The normalized spacial score (nSPS) is 12.3. The first-order valence-electron chi connectivity index (χ1n) is 10.3. The van der Waals surface area contributed by atoms with Crippen molar-refractivity contribution < 1.29 is 32.5 Å². The Morgan fingerprint density at radius 2 is 1.97 bits per heavy atom. The number of pyridine rings is 1. The summed E-state index contributed by atoms with van der Waals surface area (Å²) in [7, 11) is 3.08. The van der Waals surface area contributed by atoms with Crippen molar-refractivity contribution in [1.29, 1.82) is 0 Å². The highest BCUT2D eigenvalue weighted by Gasteiger charge is 2.28. The number of carbonyl (C=O) groups is 1. The van der Waals surface area contributed by atoms with Crippen LogP contribution in [0.2, 0.25) is 0 Å². The fourth-order valence-electron chi connectivity index (χ4n) is 3.25. The predicted octanol–water partition coefficient (Wildman–Crippen LogP) is 4.25. The van der Waals surface area contributed by atoms with Gasteiger partial charge < -0.3 is 25.2 Å². The SMILES string of the molecule is COc1ccc(CNc2nc(N[C@H](CCCC(F)(F)F)C(=O)O)c3ncccc3n2)c(OC)c1. The van der Waals surface area contributed by atoms with Crippen LogP contribution in [-0.2, 0) is 11.3 Å². The highest BCUT2D eigenvalue weighted by molar-refractivity contribution is 5.88. The lowest BCUT2D eigenvalue weighted by atomic mass is 10.1. The lowest BCUT2D eigenvalue weighted by Gasteiger charge is -2.17. The van der Waals surface area contributed by atoms with Crippen LogP contribution in [0.15, 0.2) is 36.5 Å². The van der Waals surface area contributed by atoms with Gasteiger partial charge in [0.1, 0.15) is 23.1 Å². The smallest absolute Gasteiger partial charge is 0.389 e. The van der Waals surface area contributed by atoms with E-state index in [-0.39, 0.29) is 31.2 Å². The van der Waals surface area contributed by atoms with E-state index in [2.05, 4.69) is 25.6 Å². The van der Waals surface area contributed by atoms with E-state index in [1.165, 1.54) is 13.3 Å². The molecule has 3 aromatic rings. The number of nitrogens with one attached hydrogen (secondary N) is 2. The minimum Gasteiger partial charge on any atom is -0.497 e. The molecule has 3 rings (SSSR count). The molecular weight excluding hydrogens is 455 g/mol. The Kier molecular flexibility index (Phi) is 7.92. The molecule has 12 heteroatoms. The second-order valence-electron chi connectivity index (χ2n) is 7.34. The molecule has 0 unspecified atom stereocenters. The Morgan fingerprint density at radius 1 is 1.18 bits per heavy atom. The van der Waals surface area contributed by atoms with Crippen LogP contribution in [0, 0.1) is 0 Å². The number of benzene rings is 1. The highest BCUT2D eigenvalue weighted by atomic mass is 19.4. The lowest BCUT2D eigenvalue weighted by molar-refractivity contribution is -0.141. The van der Waals surface area contributed by atoms with Crippen molar-refractivity contribution in [3.63, 3.8) is 0 Å². The molecule has 3 N–H and O–H groups in total. The summed E-state index contributed by atoms with van der Waals surface area (Å²) in [5, 5.41) is 15.3. The minimum absolute atomic E-state index is 0.106. The number of halogens is 3. The van der Waals surface area contributed by atoms with Crippen LogP contribution < -0.4 is 20.1 Å². The van der Waals surface area contributed by atoms with Gasteiger partial charge in [0, 0.05) is 30.8 Å². The van der Waals surface area contributed by atoms with Gasteiger partial charge in [0.2, 0.25) is 5.95 Å². The summed E-state index contributed by atoms with van der Waals surface area (Å²) in [6, 6.07) is 7.37. The third kappa shape index (κ3) is 6.59. The number of ether oxygens (including phenoxy) is 2. The number of carboxylic acids is 1. The summed E-state index contributed by atoms with van der Waals surface area (Å²) in [5.74, 6) is 0.213. The number of nitrogens with zero attached hydrogens (tertiary/aromatic N) is 3. The monoisotopic (exact) mass is 479 g/mol. The van der Waals surface area contributed by atoms with Gasteiger partial charge in [-0.3, -0.25) is 4.98 Å². The molecule has 0 saturated heterocycles. The van der Waals surface area contributed by atoms with Crippen LogP contribution >= 0.6 is 0 Å². The molecule has 0 amide bonds. The average molecular weight is 479 g/mol. The topological polar surface area (TPSA) is 118 Å². The standard InChI is InChI=1S/C22H24F3N5O4/c1-33-14-8-7-13(17(11-14)34-2)12-27-21-29-15-6-4-10-26-18(15)19(30-21)28-16(20(31)32)5-3-9-22(23,24)25/h4,6-8,10-11,16H,3,5,9,12H2,1-2H3,(H,31,32)(H2,27,28,29,30)/t16-/m1/s1. The van der Waals surface area contributed by atoms with Crippen LogP contribution in [0.5, 0.6) is 11.5 Å². The summed E-state index contributed by atoms with van der Waals surface area (Å²) in [6.45, 7) is 0.284. The summed E-state index contributed by atoms with van der Waals surface area (Å²) < 4.78 is 48.1. The van der Waals surface area contributed by atoms with Crippen LogP contribution in [0.25, 0.3) is 11.0 Å². The third-order valence-corrected chi connectivity index (χ3v) is 4.95. The van der Waals surface area contributed by atoms with Crippen LogP contribution in [0.1, 0.15) is 24.8 Å². The fourth-order valence-corrected chi connectivity index (χ4v) is 3.25. The molecule has 0 saturated carbocycles. The summed E-state index contributed by atoms with van der Waals surface area (Å²) in [5.41, 5.74) is 1.53. The van der Waals surface area contributed by atoms with Crippen molar-refractivity contribution >= 4 is 28.8 Å². The number of rotatable bonds is 11. The maximum atomic E-state index is 12.5. The van der Waals surface area contributed by atoms with E-state index in [1.54, 1.807) is 31.4 Å². The van der Waals surface area contributed by atoms with Gasteiger partial charge in [-0.15, -0.1) is 0 Å². The van der Waals surface area contributed by atoms with Crippen molar-refractivity contribution in [2.75, 3.05) is 24.9 Å². The molecule has 0 aliphatic rings. The maximum absolute atomic E-state index is 12.5. The summed E-state index contributed by atoms with van der Waals surface area (Å²) in [6.07, 6.45) is -4.51. The predicted molar refractivity (Wildman–Crippen MR) is 119 cm³/mol. The van der Waals surface area contributed by atoms with Gasteiger partial charge in [0.05, 0.1) is 19.7 Å². The average Bonchev–Trinajstić information content (AvgIpc) is 2.81. The van der Waals surface area contributed by atoms with Gasteiger partial charge in [-0.2, -0.15) is 18.2 Å². The zero-order chi connectivity index (χ0) is 24.7. The Bertz CT molecular complexity index is 1140. The van der Waals surface area contributed by atoms with Crippen molar-refractivity contribution in [2.24, 2.45) is 0 Å². The number of hydrogen-bond donors (Lipinski definition) is 3. The number of aliphatic carboxylic acids is 1. The van der Waals surface area contributed by atoms with Gasteiger partial charge in [0.25, 0.3) is 0 Å². The highest BCUT2D eigenvalue weighted by Crippen LogP contribution is 2.27. The lowest BCUT2D eigenvalue weighted by Crippen LogP contribution is -2.30. The van der Waals surface area contributed by atoms with Crippen LogP contribution in [-0.4, -0.2) is 52.5 Å². The fraction of sp³-hybridized carbons (Fsp3) is 0.364. The molecule has 182 valence electrons. The van der Waals surface area contributed by atoms with Gasteiger partial charge in [-0.05, 0) is 37.1 Å². The number of carboxylic acid groups (broad SMARTS) is 1. The molecular formula is C22H24F3N5O4. The molecule has 0 aliphatic heterocycles. The molecule has 0 bridgehead atoms. The molecule has 34 heavy (non-hydrogen) atoms. The second-order valence-corrected chi connectivity index (χ2v) is 7.34. The number of anilines is 2. The van der Waals surface area contributed by atoms with Crippen LogP contribution in [0.4, 0.5) is 24.9 Å². The molecule has 2 heterocycles. The third-order valence-electron chi connectivity index (χ3n) is 4.95. The maximum Gasteiger partial charge on any atom is 0.389 e. The summed E-state index contributed by atoms with van der Waals surface area (Å²) >= 11 is 0. The van der Waals surface area contributed by atoms with Gasteiger partial charge in [0.15, 0.2) is 5.82 Å². The first kappa shape index (κ1) is 24.8. The largest absolute Gasteiger partial charge is 0.497 e. The van der Waals surface area contributed by atoms with Gasteiger partial charge in [-0.25, -0.2) is 9.78 Å².